The molecule has 0 nitrogen and oxygen atoms in total. The molecule has 0 aromatic heterocycles. The highest BCUT2D eigenvalue weighted by atomic mass is 14.0. The van der Waals surface area contributed by atoms with Crippen LogP contribution in [-0.2, 0) is 0 Å². The van der Waals surface area contributed by atoms with E-state index in [1.54, 1.807) is 5.92 Å². The predicted octanol–water partition coefficient (Wildman–Crippen LogP) is 8.42. The molecule has 0 amide bonds. The Kier molecular flexibility index (Phi) is 18.6. The quantitative estimate of drug-likeness (QED) is 0.187. The van der Waals surface area contributed by atoms with E-state index in [0.717, 1.165) is 0 Å². The van der Waals surface area contributed by atoms with Gasteiger partial charge in [0.25, 0.3) is 0 Å². The molecule has 0 aromatic carbocycles. The summed E-state index contributed by atoms with van der Waals surface area (Å²) in [5.74, 6) is 1.59. The summed E-state index contributed by atoms with van der Waals surface area (Å²) in [6.07, 6.45) is 27.3. The Hall–Kier alpha value is -0.260. The molecule has 0 N–H and O–H groups in total. The van der Waals surface area contributed by atoms with Crippen LogP contribution in [0.1, 0.15) is 124 Å². The lowest BCUT2D eigenvalue weighted by Gasteiger charge is -2.03. The molecule has 22 heavy (non-hydrogen) atoms. The van der Waals surface area contributed by atoms with Gasteiger partial charge in [0.15, 0.2) is 0 Å². The molecular weight excluding hydrogens is 264 g/mol. The highest BCUT2D eigenvalue weighted by Crippen LogP contribution is 2.13. The maximum atomic E-state index is 2.42. The molecule has 0 saturated heterocycles. The second kappa shape index (κ2) is 18.8. The maximum Gasteiger partial charge on any atom is -0.0303 e. The van der Waals surface area contributed by atoms with Crippen molar-refractivity contribution in [3.8, 4) is 0 Å². The van der Waals surface area contributed by atoms with Gasteiger partial charge in [-0.1, -0.05) is 104 Å². The molecule has 0 aliphatic heterocycles. The fourth-order valence-corrected chi connectivity index (χ4v) is 2.90. The van der Waals surface area contributed by atoms with E-state index in [1.807, 2.05) is 0 Å². The molecule has 1 radical (unpaired) electrons. The van der Waals surface area contributed by atoms with Gasteiger partial charge < -0.3 is 0 Å². The molecule has 0 atom stereocenters. The van der Waals surface area contributed by atoms with Crippen molar-refractivity contribution in [3.63, 3.8) is 0 Å². The standard InChI is InChI=1S/C22H43/c1-4-5-6-7-8-9-10-11-12-13-14-15-16-17-18-19-20-21-22(2)3/h11-12H,4-10,13-21H2,1-3H3/b12-11-. The zero-order valence-electron chi connectivity index (χ0n) is 16.0. The van der Waals surface area contributed by atoms with Gasteiger partial charge in [0.05, 0.1) is 0 Å². The highest BCUT2D eigenvalue weighted by Gasteiger charge is 1.95. The fraction of sp³-hybridized carbons (Fsp3) is 0.864. The van der Waals surface area contributed by atoms with Crippen molar-refractivity contribution in [2.45, 2.75) is 124 Å². The van der Waals surface area contributed by atoms with Gasteiger partial charge in [0, 0.05) is 0 Å². The Bertz CT molecular complexity index is 214. The van der Waals surface area contributed by atoms with E-state index < -0.39 is 0 Å². The molecule has 0 spiro atoms. The fourth-order valence-electron chi connectivity index (χ4n) is 2.90. The van der Waals surface area contributed by atoms with E-state index in [1.165, 1.54) is 103 Å². The lowest BCUT2D eigenvalue weighted by atomic mass is 10.0. The van der Waals surface area contributed by atoms with Crippen molar-refractivity contribution in [1.82, 2.24) is 0 Å². The number of allylic oxidation sites excluding steroid dienone is 2. The zero-order chi connectivity index (χ0) is 16.3. The van der Waals surface area contributed by atoms with E-state index in [-0.39, 0.29) is 0 Å². The lowest BCUT2D eigenvalue weighted by molar-refractivity contribution is 0.572. The van der Waals surface area contributed by atoms with Crippen molar-refractivity contribution < 1.29 is 0 Å². The molecule has 0 fully saturated rings. The number of unbranched alkanes of at least 4 members (excludes halogenated alkanes) is 13. The van der Waals surface area contributed by atoms with Crippen LogP contribution in [0, 0.1) is 5.92 Å². The first kappa shape index (κ1) is 21.7. The Labute approximate surface area is 142 Å². The first-order valence-electron chi connectivity index (χ1n) is 10.2. The molecule has 0 saturated carbocycles. The molecule has 0 unspecified atom stereocenters. The SMILES string of the molecule is CCCCCCCC/C=C\CCCCCCCCC[C](C)C. The monoisotopic (exact) mass is 307 g/mol. The topological polar surface area (TPSA) is 0 Å². The van der Waals surface area contributed by atoms with Crippen LogP contribution in [0.2, 0.25) is 0 Å². The maximum absolute atomic E-state index is 2.42. The molecule has 131 valence electrons. The minimum absolute atomic E-state index is 1.31. The molecule has 0 aliphatic rings. The molecular formula is C22H43. The van der Waals surface area contributed by atoms with E-state index in [9.17, 15) is 0 Å². The number of hydrogen-bond acceptors (Lipinski definition) is 0. The van der Waals surface area contributed by atoms with Crippen LogP contribution < -0.4 is 0 Å². The summed E-state index contributed by atoms with van der Waals surface area (Å²) in [5, 5.41) is 0. The summed E-state index contributed by atoms with van der Waals surface area (Å²) in [6.45, 7) is 6.79. The summed E-state index contributed by atoms with van der Waals surface area (Å²) in [5.41, 5.74) is 0. The Morgan fingerprint density at radius 3 is 1.41 bits per heavy atom. The van der Waals surface area contributed by atoms with E-state index in [4.69, 9.17) is 0 Å². The summed E-state index contributed by atoms with van der Waals surface area (Å²) in [7, 11) is 0. The Balaban J connectivity index is 3.05. The van der Waals surface area contributed by atoms with E-state index in [0.29, 0.717) is 0 Å². The molecule has 0 aliphatic carbocycles. The van der Waals surface area contributed by atoms with Crippen molar-refractivity contribution in [2.75, 3.05) is 0 Å². The van der Waals surface area contributed by atoms with Crippen molar-refractivity contribution in [2.24, 2.45) is 0 Å². The first-order chi connectivity index (χ1) is 10.8. The van der Waals surface area contributed by atoms with Gasteiger partial charge in [-0.2, -0.15) is 0 Å². The van der Waals surface area contributed by atoms with Crippen molar-refractivity contribution in [3.05, 3.63) is 18.1 Å². The molecule has 0 heterocycles. The van der Waals surface area contributed by atoms with E-state index in [2.05, 4.69) is 32.9 Å². The third-order valence-electron chi connectivity index (χ3n) is 4.44. The lowest BCUT2D eigenvalue weighted by Crippen LogP contribution is -1.85. The number of hydrogen-bond donors (Lipinski definition) is 0. The molecule has 0 heteroatoms. The van der Waals surface area contributed by atoms with Crippen LogP contribution in [0.25, 0.3) is 0 Å². The van der Waals surface area contributed by atoms with Crippen LogP contribution in [0.5, 0.6) is 0 Å². The Morgan fingerprint density at radius 1 is 0.545 bits per heavy atom. The Morgan fingerprint density at radius 2 is 0.955 bits per heavy atom. The van der Waals surface area contributed by atoms with Crippen molar-refractivity contribution in [1.29, 1.82) is 0 Å². The summed E-state index contributed by atoms with van der Waals surface area (Å²) in [4.78, 5) is 0. The van der Waals surface area contributed by atoms with Crippen LogP contribution in [0.4, 0.5) is 0 Å². The van der Waals surface area contributed by atoms with Gasteiger partial charge in [-0.15, -0.1) is 0 Å². The second-order valence-electron chi connectivity index (χ2n) is 7.25. The average molecular weight is 308 g/mol. The largest absolute Gasteiger partial charge is 0.0885 e. The minimum Gasteiger partial charge on any atom is -0.0885 e. The third kappa shape index (κ3) is 19.7. The number of rotatable bonds is 17. The third-order valence-corrected chi connectivity index (χ3v) is 4.44. The molecule has 0 bridgehead atoms. The van der Waals surface area contributed by atoms with Crippen LogP contribution >= 0.6 is 0 Å². The summed E-state index contributed by atoms with van der Waals surface area (Å²) < 4.78 is 0. The molecule has 0 rings (SSSR count). The minimum atomic E-state index is 1.31. The van der Waals surface area contributed by atoms with Crippen molar-refractivity contribution >= 4 is 0 Å². The zero-order valence-corrected chi connectivity index (χ0v) is 16.0. The average Bonchev–Trinajstić information content (AvgIpc) is 2.50. The van der Waals surface area contributed by atoms with Gasteiger partial charge in [0.1, 0.15) is 0 Å². The van der Waals surface area contributed by atoms with Gasteiger partial charge >= 0.3 is 0 Å². The second-order valence-corrected chi connectivity index (χ2v) is 7.25. The van der Waals surface area contributed by atoms with E-state index >= 15 is 0 Å². The summed E-state index contributed by atoms with van der Waals surface area (Å²) >= 11 is 0. The summed E-state index contributed by atoms with van der Waals surface area (Å²) in [6, 6.07) is 0. The smallest absolute Gasteiger partial charge is 0.0303 e. The van der Waals surface area contributed by atoms with Gasteiger partial charge in [-0.05, 0) is 38.0 Å². The highest BCUT2D eigenvalue weighted by molar-refractivity contribution is 4.81. The van der Waals surface area contributed by atoms with Crippen LogP contribution in [0.3, 0.4) is 0 Å². The molecule has 0 aromatic rings. The van der Waals surface area contributed by atoms with Gasteiger partial charge in [0.2, 0.25) is 0 Å². The first-order valence-corrected chi connectivity index (χ1v) is 10.2. The van der Waals surface area contributed by atoms with Gasteiger partial charge in [-0.3, -0.25) is 0 Å². The normalized spacial score (nSPS) is 11.8. The van der Waals surface area contributed by atoms with Gasteiger partial charge in [-0.25, -0.2) is 0 Å². The van der Waals surface area contributed by atoms with Crippen LogP contribution in [0.15, 0.2) is 12.2 Å². The van der Waals surface area contributed by atoms with Crippen LogP contribution in [-0.4, -0.2) is 0 Å². The predicted molar refractivity (Wildman–Crippen MR) is 103 cm³/mol.